The van der Waals surface area contributed by atoms with Crippen LogP contribution in [0.15, 0.2) is 18.2 Å². The van der Waals surface area contributed by atoms with Crippen LogP contribution in [0, 0.1) is 25.5 Å². The molecule has 0 radical (unpaired) electrons. The van der Waals surface area contributed by atoms with Crippen LogP contribution in [-0.4, -0.2) is 25.5 Å². The van der Waals surface area contributed by atoms with E-state index in [0.717, 1.165) is 16.6 Å². The molecule has 0 unspecified atom stereocenters. The van der Waals surface area contributed by atoms with E-state index >= 15 is 0 Å². The number of aromatic nitrogens is 4. The number of alkyl halides is 3. The zero-order valence-corrected chi connectivity index (χ0v) is 14.0. The Morgan fingerprint density at radius 3 is 2.48 bits per heavy atom. The lowest BCUT2D eigenvalue weighted by Crippen LogP contribution is -2.18. The number of halogens is 5. The third-order valence-electron chi connectivity index (χ3n) is 3.84. The standard InChI is InChI=1S/C16H12F5N5O/c1-7-10(6-13(27)23-9-3-4-11(17)12(18)5-9)8(2)26-15(22-7)24-14(25-26)16(19,20)21/h3-5H,6H2,1-2H3,(H,23,27). The predicted octanol–water partition coefficient (Wildman–Crippen LogP) is 3.22. The number of aryl methyl sites for hydroxylation is 2. The number of anilines is 1. The number of carbonyl (C=O) groups is 1. The maximum absolute atomic E-state index is 13.2. The molecule has 0 fully saturated rings. The molecule has 0 saturated carbocycles. The fourth-order valence-corrected chi connectivity index (χ4v) is 2.52. The van der Waals surface area contributed by atoms with Gasteiger partial charge in [0, 0.05) is 28.7 Å². The van der Waals surface area contributed by atoms with Crippen LogP contribution in [0.3, 0.4) is 0 Å². The zero-order valence-electron chi connectivity index (χ0n) is 14.0. The van der Waals surface area contributed by atoms with Gasteiger partial charge in [-0.25, -0.2) is 18.3 Å². The van der Waals surface area contributed by atoms with Crippen molar-refractivity contribution in [2.75, 3.05) is 5.32 Å². The van der Waals surface area contributed by atoms with Crippen LogP contribution in [0.5, 0.6) is 0 Å². The van der Waals surface area contributed by atoms with Crippen molar-refractivity contribution in [1.29, 1.82) is 0 Å². The summed E-state index contributed by atoms with van der Waals surface area (Å²) in [5.41, 5.74) is 0.965. The molecule has 1 N–H and O–H groups in total. The highest BCUT2D eigenvalue weighted by molar-refractivity contribution is 5.92. The van der Waals surface area contributed by atoms with Crippen molar-refractivity contribution < 1.29 is 26.7 Å². The molecule has 0 aliphatic heterocycles. The fourth-order valence-electron chi connectivity index (χ4n) is 2.52. The van der Waals surface area contributed by atoms with E-state index in [-0.39, 0.29) is 23.6 Å². The minimum Gasteiger partial charge on any atom is -0.326 e. The van der Waals surface area contributed by atoms with Gasteiger partial charge in [-0.15, -0.1) is 5.10 Å². The normalized spacial score (nSPS) is 11.8. The van der Waals surface area contributed by atoms with Crippen LogP contribution in [0.25, 0.3) is 5.78 Å². The SMILES string of the molecule is Cc1nc2nc(C(F)(F)F)nn2c(C)c1CC(=O)Nc1ccc(F)c(F)c1. The Morgan fingerprint density at radius 1 is 1.15 bits per heavy atom. The summed E-state index contributed by atoms with van der Waals surface area (Å²) in [6.45, 7) is 3.01. The van der Waals surface area contributed by atoms with Crippen LogP contribution >= 0.6 is 0 Å². The average molecular weight is 385 g/mol. The molecule has 0 bridgehead atoms. The van der Waals surface area contributed by atoms with Gasteiger partial charge in [0.25, 0.3) is 11.6 Å². The summed E-state index contributed by atoms with van der Waals surface area (Å²) in [6, 6.07) is 2.87. The van der Waals surface area contributed by atoms with Crippen molar-refractivity contribution in [3.63, 3.8) is 0 Å². The van der Waals surface area contributed by atoms with Crippen LogP contribution in [0.4, 0.5) is 27.6 Å². The highest BCUT2D eigenvalue weighted by Crippen LogP contribution is 2.27. The minimum absolute atomic E-state index is 0.0448. The quantitative estimate of drug-likeness (QED) is 0.703. The first kappa shape index (κ1) is 18.7. The number of nitrogens with one attached hydrogen (secondary N) is 1. The number of hydrogen-bond donors (Lipinski definition) is 1. The second-order valence-electron chi connectivity index (χ2n) is 5.76. The Hall–Kier alpha value is -3.11. The van der Waals surface area contributed by atoms with E-state index in [1.54, 1.807) is 0 Å². The van der Waals surface area contributed by atoms with Gasteiger partial charge in [-0.3, -0.25) is 4.79 Å². The Bertz CT molecular complexity index is 1040. The molecule has 0 saturated heterocycles. The Balaban J connectivity index is 1.89. The van der Waals surface area contributed by atoms with E-state index in [0.29, 0.717) is 11.3 Å². The van der Waals surface area contributed by atoms with Crippen molar-refractivity contribution >= 4 is 17.4 Å². The van der Waals surface area contributed by atoms with Crippen LogP contribution in [-0.2, 0) is 17.4 Å². The molecule has 0 atom stereocenters. The zero-order chi connectivity index (χ0) is 19.9. The van der Waals surface area contributed by atoms with Gasteiger partial charge >= 0.3 is 6.18 Å². The van der Waals surface area contributed by atoms with E-state index in [4.69, 9.17) is 0 Å². The smallest absolute Gasteiger partial charge is 0.326 e. The molecule has 2 aromatic heterocycles. The molecule has 3 rings (SSSR count). The molecule has 2 heterocycles. The van der Waals surface area contributed by atoms with Gasteiger partial charge in [-0.2, -0.15) is 18.2 Å². The summed E-state index contributed by atoms with van der Waals surface area (Å²) in [4.78, 5) is 19.5. The first-order valence-corrected chi connectivity index (χ1v) is 7.61. The van der Waals surface area contributed by atoms with Gasteiger partial charge in [0.15, 0.2) is 11.6 Å². The summed E-state index contributed by atoms with van der Waals surface area (Å²) < 4.78 is 65.4. The molecule has 142 valence electrons. The number of rotatable bonds is 3. The molecular formula is C16H12F5N5O. The van der Waals surface area contributed by atoms with Gasteiger partial charge in [0.2, 0.25) is 5.91 Å². The van der Waals surface area contributed by atoms with Gasteiger partial charge < -0.3 is 5.32 Å². The number of carbonyl (C=O) groups excluding carboxylic acids is 1. The second-order valence-corrected chi connectivity index (χ2v) is 5.76. The number of benzene rings is 1. The van der Waals surface area contributed by atoms with Gasteiger partial charge in [-0.05, 0) is 26.0 Å². The number of amides is 1. The van der Waals surface area contributed by atoms with Crippen molar-refractivity contribution in [3.8, 4) is 0 Å². The summed E-state index contributed by atoms with van der Waals surface area (Å²) in [5, 5.41) is 5.78. The molecule has 1 amide bonds. The van der Waals surface area contributed by atoms with Crippen molar-refractivity contribution in [2.24, 2.45) is 0 Å². The van der Waals surface area contributed by atoms with Crippen LogP contribution in [0.2, 0.25) is 0 Å². The highest BCUT2D eigenvalue weighted by atomic mass is 19.4. The Labute approximate surface area is 149 Å². The molecule has 0 aliphatic rings. The van der Waals surface area contributed by atoms with Crippen LogP contribution < -0.4 is 5.32 Å². The highest BCUT2D eigenvalue weighted by Gasteiger charge is 2.37. The molecule has 0 spiro atoms. The van der Waals surface area contributed by atoms with Crippen molar-refractivity contribution in [2.45, 2.75) is 26.4 Å². The molecule has 27 heavy (non-hydrogen) atoms. The average Bonchev–Trinajstić information content (AvgIpc) is 2.99. The second kappa shape index (κ2) is 6.56. The lowest BCUT2D eigenvalue weighted by atomic mass is 10.1. The largest absolute Gasteiger partial charge is 0.453 e. The molecule has 0 aliphatic carbocycles. The van der Waals surface area contributed by atoms with Crippen molar-refractivity contribution in [3.05, 3.63) is 52.6 Å². The van der Waals surface area contributed by atoms with Crippen LogP contribution in [0.1, 0.15) is 22.8 Å². The maximum atomic E-state index is 13.2. The van der Waals surface area contributed by atoms with E-state index in [2.05, 4.69) is 20.4 Å². The first-order valence-electron chi connectivity index (χ1n) is 7.61. The third kappa shape index (κ3) is 3.71. The maximum Gasteiger partial charge on any atom is 0.453 e. The van der Waals surface area contributed by atoms with Gasteiger partial charge in [0.05, 0.1) is 6.42 Å². The lowest BCUT2D eigenvalue weighted by molar-refractivity contribution is -0.144. The minimum atomic E-state index is -4.72. The van der Waals surface area contributed by atoms with E-state index < -0.39 is 29.5 Å². The molecular weight excluding hydrogens is 373 g/mol. The Kier molecular flexibility index (Phi) is 4.54. The monoisotopic (exact) mass is 385 g/mol. The van der Waals surface area contributed by atoms with Gasteiger partial charge in [0.1, 0.15) is 0 Å². The third-order valence-corrected chi connectivity index (χ3v) is 3.84. The van der Waals surface area contributed by atoms with E-state index in [9.17, 15) is 26.7 Å². The van der Waals surface area contributed by atoms with E-state index in [1.165, 1.54) is 19.9 Å². The summed E-state index contributed by atoms with van der Waals surface area (Å²) in [7, 11) is 0. The summed E-state index contributed by atoms with van der Waals surface area (Å²) in [6.07, 6.45) is -4.97. The molecule has 6 nitrogen and oxygen atoms in total. The van der Waals surface area contributed by atoms with E-state index in [1.807, 2.05) is 0 Å². The fraction of sp³-hybridized carbons (Fsp3) is 0.250. The van der Waals surface area contributed by atoms with Gasteiger partial charge in [-0.1, -0.05) is 0 Å². The lowest BCUT2D eigenvalue weighted by Gasteiger charge is -2.11. The molecule has 11 heteroatoms. The number of hydrogen-bond acceptors (Lipinski definition) is 4. The molecule has 1 aromatic carbocycles. The summed E-state index contributed by atoms with van der Waals surface area (Å²) >= 11 is 0. The van der Waals surface area contributed by atoms with Crippen molar-refractivity contribution in [1.82, 2.24) is 19.6 Å². The number of nitrogens with zero attached hydrogens (tertiary/aromatic N) is 4. The summed E-state index contributed by atoms with van der Waals surface area (Å²) in [5.74, 6) is -4.32. The Morgan fingerprint density at radius 2 is 1.85 bits per heavy atom. The molecule has 3 aromatic rings. The topological polar surface area (TPSA) is 72.2 Å². The predicted molar refractivity (Wildman–Crippen MR) is 83.9 cm³/mol. The first-order chi connectivity index (χ1) is 12.6. The number of fused-ring (bicyclic) bond motifs is 1.